The van der Waals surface area contributed by atoms with Gasteiger partial charge < -0.3 is 15.5 Å². The summed E-state index contributed by atoms with van der Waals surface area (Å²) in [5.41, 5.74) is 3.54. The lowest BCUT2D eigenvalue weighted by atomic mass is 10.1. The van der Waals surface area contributed by atoms with E-state index in [0.717, 1.165) is 24.7 Å². The number of aliphatic imine (C=N–C) groups is 1. The zero-order valence-corrected chi connectivity index (χ0v) is 16.8. The maximum Gasteiger partial charge on any atom is 0.191 e. The highest BCUT2D eigenvalue weighted by molar-refractivity contribution is 14.0. The zero-order chi connectivity index (χ0) is 16.5. The van der Waals surface area contributed by atoms with Crippen molar-refractivity contribution in [1.82, 2.24) is 20.5 Å². The van der Waals surface area contributed by atoms with E-state index < -0.39 is 0 Å². The number of hydrogen-bond acceptors (Lipinski definition) is 3. The summed E-state index contributed by atoms with van der Waals surface area (Å²) in [6, 6.07) is 14.5. The van der Waals surface area contributed by atoms with Crippen LogP contribution in [0.2, 0.25) is 0 Å². The van der Waals surface area contributed by atoms with Gasteiger partial charge in [-0.25, -0.2) is 0 Å². The molecule has 0 aliphatic heterocycles. The van der Waals surface area contributed by atoms with E-state index in [2.05, 4.69) is 63.9 Å². The van der Waals surface area contributed by atoms with Gasteiger partial charge in [-0.2, -0.15) is 0 Å². The van der Waals surface area contributed by atoms with Crippen molar-refractivity contribution >= 4 is 29.9 Å². The Morgan fingerprint density at radius 2 is 1.79 bits per heavy atom. The van der Waals surface area contributed by atoms with Gasteiger partial charge in [-0.05, 0) is 37.4 Å². The summed E-state index contributed by atoms with van der Waals surface area (Å²) < 4.78 is 0. The maximum atomic E-state index is 4.29. The first kappa shape index (κ1) is 20.4. The number of nitrogens with zero attached hydrogens (tertiary/aromatic N) is 3. The van der Waals surface area contributed by atoms with Crippen LogP contribution >= 0.6 is 24.0 Å². The summed E-state index contributed by atoms with van der Waals surface area (Å²) in [5, 5.41) is 6.60. The molecule has 0 saturated heterocycles. The van der Waals surface area contributed by atoms with Crippen LogP contribution in [0.1, 0.15) is 16.8 Å². The molecule has 0 bridgehead atoms. The summed E-state index contributed by atoms with van der Waals surface area (Å²) in [5.74, 6) is 0.772. The van der Waals surface area contributed by atoms with Gasteiger partial charge in [-0.3, -0.25) is 9.98 Å². The molecule has 0 amide bonds. The summed E-state index contributed by atoms with van der Waals surface area (Å²) >= 11 is 0. The quantitative estimate of drug-likeness (QED) is 0.413. The summed E-state index contributed by atoms with van der Waals surface area (Å²) in [6.07, 6.45) is 1.80. The third-order valence-corrected chi connectivity index (χ3v) is 3.34. The molecule has 6 heteroatoms. The van der Waals surface area contributed by atoms with Crippen LogP contribution in [0, 0.1) is 0 Å². The molecule has 2 aromatic rings. The van der Waals surface area contributed by atoms with E-state index >= 15 is 0 Å². The molecular formula is C18H26IN5. The normalized spacial score (nSPS) is 11.1. The molecule has 5 nitrogen and oxygen atoms in total. The Balaban J connectivity index is 0.00000288. The standard InChI is InChI=1S/C18H25N5.HI/c1-19-18(22-13-17-9-4-5-10-20-17)21-12-15-7-6-8-16(11-15)14-23(2)3;/h4-11H,12-14H2,1-3H3,(H2,19,21,22);1H. The van der Waals surface area contributed by atoms with Gasteiger partial charge in [0.05, 0.1) is 12.2 Å². The topological polar surface area (TPSA) is 52.6 Å². The number of guanidine groups is 1. The smallest absolute Gasteiger partial charge is 0.191 e. The molecule has 2 rings (SSSR count). The van der Waals surface area contributed by atoms with Gasteiger partial charge in [0.15, 0.2) is 5.96 Å². The van der Waals surface area contributed by atoms with Crippen molar-refractivity contribution in [3.05, 3.63) is 65.5 Å². The predicted molar refractivity (Wildman–Crippen MR) is 111 cm³/mol. The van der Waals surface area contributed by atoms with E-state index in [4.69, 9.17) is 0 Å². The predicted octanol–water partition coefficient (Wildman–Crippen LogP) is 2.63. The molecule has 0 aliphatic rings. The van der Waals surface area contributed by atoms with Crippen molar-refractivity contribution in [2.45, 2.75) is 19.6 Å². The van der Waals surface area contributed by atoms with Crippen molar-refractivity contribution in [1.29, 1.82) is 0 Å². The molecule has 130 valence electrons. The molecule has 0 radical (unpaired) electrons. The minimum Gasteiger partial charge on any atom is -0.352 e. The van der Waals surface area contributed by atoms with Gasteiger partial charge in [0.25, 0.3) is 0 Å². The lowest BCUT2D eigenvalue weighted by molar-refractivity contribution is 0.402. The first-order valence-electron chi connectivity index (χ1n) is 7.74. The first-order valence-corrected chi connectivity index (χ1v) is 7.74. The van der Waals surface area contributed by atoms with E-state index in [9.17, 15) is 0 Å². The van der Waals surface area contributed by atoms with Crippen LogP contribution in [0.3, 0.4) is 0 Å². The average molecular weight is 439 g/mol. The first-order chi connectivity index (χ1) is 11.2. The van der Waals surface area contributed by atoms with E-state index in [1.165, 1.54) is 11.1 Å². The number of nitrogens with one attached hydrogen (secondary N) is 2. The summed E-state index contributed by atoms with van der Waals surface area (Å²) in [7, 11) is 5.93. The molecule has 0 atom stereocenters. The second kappa shape index (κ2) is 11.0. The fourth-order valence-electron chi connectivity index (χ4n) is 2.29. The molecule has 1 aromatic heterocycles. The van der Waals surface area contributed by atoms with Crippen LogP contribution in [0.15, 0.2) is 53.7 Å². The zero-order valence-electron chi connectivity index (χ0n) is 14.5. The van der Waals surface area contributed by atoms with Crippen LogP contribution in [-0.4, -0.2) is 37.0 Å². The second-order valence-corrected chi connectivity index (χ2v) is 5.66. The Kier molecular flexibility index (Phi) is 9.33. The van der Waals surface area contributed by atoms with Crippen molar-refractivity contribution in [2.75, 3.05) is 21.1 Å². The number of benzene rings is 1. The van der Waals surface area contributed by atoms with Crippen LogP contribution in [0.4, 0.5) is 0 Å². The molecule has 2 N–H and O–H groups in total. The van der Waals surface area contributed by atoms with Crippen LogP contribution in [0.5, 0.6) is 0 Å². The molecule has 1 aromatic carbocycles. The maximum absolute atomic E-state index is 4.29. The van der Waals surface area contributed by atoms with Gasteiger partial charge in [0, 0.05) is 26.3 Å². The number of hydrogen-bond donors (Lipinski definition) is 2. The second-order valence-electron chi connectivity index (χ2n) is 5.66. The third-order valence-electron chi connectivity index (χ3n) is 3.34. The minimum atomic E-state index is 0. The van der Waals surface area contributed by atoms with Gasteiger partial charge in [-0.1, -0.05) is 30.3 Å². The van der Waals surface area contributed by atoms with E-state index in [0.29, 0.717) is 6.54 Å². The number of aromatic nitrogens is 1. The Labute approximate surface area is 161 Å². The Bertz CT molecular complexity index is 628. The molecule has 0 aliphatic carbocycles. The molecule has 1 heterocycles. The fraction of sp³-hybridized carbons (Fsp3) is 0.333. The van der Waals surface area contributed by atoms with Crippen molar-refractivity contribution in [2.24, 2.45) is 4.99 Å². The van der Waals surface area contributed by atoms with E-state index in [1.54, 1.807) is 13.2 Å². The van der Waals surface area contributed by atoms with Crippen molar-refractivity contribution in [3.8, 4) is 0 Å². The minimum absolute atomic E-state index is 0. The molecule has 0 fully saturated rings. The average Bonchev–Trinajstić information content (AvgIpc) is 2.56. The molecule has 0 unspecified atom stereocenters. The molecule has 24 heavy (non-hydrogen) atoms. The van der Waals surface area contributed by atoms with Gasteiger partial charge in [-0.15, -0.1) is 24.0 Å². The van der Waals surface area contributed by atoms with Crippen LogP contribution < -0.4 is 10.6 Å². The highest BCUT2D eigenvalue weighted by atomic mass is 127. The number of rotatable bonds is 6. The Hall–Kier alpha value is -1.67. The Morgan fingerprint density at radius 3 is 2.46 bits per heavy atom. The van der Waals surface area contributed by atoms with Gasteiger partial charge >= 0.3 is 0 Å². The summed E-state index contributed by atoms with van der Waals surface area (Å²) in [6.45, 7) is 2.34. The van der Waals surface area contributed by atoms with Gasteiger partial charge in [0.1, 0.15) is 0 Å². The van der Waals surface area contributed by atoms with Crippen molar-refractivity contribution in [3.63, 3.8) is 0 Å². The lowest BCUT2D eigenvalue weighted by Crippen LogP contribution is -2.36. The third kappa shape index (κ3) is 7.27. The molecule has 0 saturated carbocycles. The fourth-order valence-corrected chi connectivity index (χ4v) is 2.29. The van der Waals surface area contributed by atoms with Crippen molar-refractivity contribution < 1.29 is 0 Å². The molecular weight excluding hydrogens is 413 g/mol. The highest BCUT2D eigenvalue weighted by Crippen LogP contribution is 2.06. The number of halogens is 1. The number of pyridine rings is 1. The van der Waals surface area contributed by atoms with E-state index in [-0.39, 0.29) is 24.0 Å². The largest absolute Gasteiger partial charge is 0.352 e. The van der Waals surface area contributed by atoms with Crippen LogP contribution in [-0.2, 0) is 19.6 Å². The highest BCUT2D eigenvalue weighted by Gasteiger charge is 2.01. The Morgan fingerprint density at radius 1 is 1.04 bits per heavy atom. The van der Waals surface area contributed by atoms with Gasteiger partial charge in [0.2, 0.25) is 0 Å². The van der Waals surface area contributed by atoms with E-state index in [1.807, 2.05) is 18.2 Å². The monoisotopic (exact) mass is 439 g/mol. The SMILES string of the molecule is CN=C(NCc1cccc(CN(C)C)c1)NCc1ccccn1.I. The summed E-state index contributed by atoms with van der Waals surface area (Å²) in [4.78, 5) is 10.7. The molecule has 0 spiro atoms. The van der Waals surface area contributed by atoms with Crippen LogP contribution in [0.25, 0.3) is 0 Å². The lowest BCUT2D eigenvalue weighted by Gasteiger charge is -2.13.